The minimum Gasteiger partial charge on any atom is -0.384 e. The van der Waals surface area contributed by atoms with Gasteiger partial charge in [0.15, 0.2) is 5.01 Å². The van der Waals surface area contributed by atoms with Crippen molar-refractivity contribution in [2.45, 2.75) is 0 Å². The maximum absolute atomic E-state index is 5.56. The molecule has 2 aromatic heterocycles. The van der Waals surface area contributed by atoms with Crippen molar-refractivity contribution >= 4 is 22.3 Å². The van der Waals surface area contributed by atoms with Gasteiger partial charge in [-0.1, -0.05) is 17.4 Å². The van der Waals surface area contributed by atoms with E-state index in [0.717, 1.165) is 15.8 Å². The van der Waals surface area contributed by atoms with Gasteiger partial charge in [0.25, 0.3) is 0 Å². The average Bonchev–Trinajstić information content (AvgIpc) is 2.66. The Kier molecular flexibility index (Phi) is 2.28. The summed E-state index contributed by atoms with van der Waals surface area (Å²) >= 11 is 1.44. The topological polar surface area (TPSA) is 76.7 Å². The van der Waals surface area contributed by atoms with Crippen LogP contribution in [0, 0.1) is 0 Å². The summed E-state index contributed by atoms with van der Waals surface area (Å²) in [6.07, 6.45) is 0. The first-order chi connectivity index (χ1) is 6.79. The predicted molar refractivity (Wildman–Crippen MR) is 57.1 cm³/mol. The molecule has 72 valence electrons. The molecule has 6 heteroatoms. The molecular formula is C8H9N5S. The lowest BCUT2D eigenvalue weighted by Gasteiger charge is -1.94. The SMILES string of the molecule is CNc1nnc(-c2cccc(N)n2)s1. The molecule has 14 heavy (non-hydrogen) atoms. The molecule has 2 heterocycles. The molecular weight excluding hydrogens is 198 g/mol. The molecule has 0 radical (unpaired) electrons. The molecule has 0 fully saturated rings. The highest BCUT2D eigenvalue weighted by Gasteiger charge is 2.06. The second kappa shape index (κ2) is 3.59. The molecule has 5 nitrogen and oxygen atoms in total. The number of anilines is 2. The summed E-state index contributed by atoms with van der Waals surface area (Å²) in [7, 11) is 1.80. The Morgan fingerprint density at radius 3 is 2.86 bits per heavy atom. The van der Waals surface area contributed by atoms with E-state index in [4.69, 9.17) is 5.73 Å². The van der Waals surface area contributed by atoms with Gasteiger partial charge in [-0.3, -0.25) is 0 Å². The quantitative estimate of drug-likeness (QED) is 0.774. The Labute approximate surface area is 85.0 Å². The number of rotatable bonds is 2. The number of nitrogens with two attached hydrogens (primary N) is 1. The third kappa shape index (κ3) is 1.64. The monoisotopic (exact) mass is 207 g/mol. The van der Waals surface area contributed by atoms with E-state index in [1.54, 1.807) is 13.1 Å². The minimum absolute atomic E-state index is 0.490. The lowest BCUT2D eigenvalue weighted by molar-refractivity contribution is 1.08. The van der Waals surface area contributed by atoms with E-state index in [1.807, 2.05) is 12.1 Å². The van der Waals surface area contributed by atoms with Gasteiger partial charge in [-0.2, -0.15) is 0 Å². The second-order valence-electron chi connectivity index (χ2n) is 2.61. The lowest BCUT2D eigenvalue weighted by atomic mass is 10.3. The lowest BCUT2D eigenvalue weighted by Crippen LogP contribution is -1.90. The second-order valence-corrected chi connectivity index (χ2v) is 3.59. The molecule has 2 rings (SSSR count). The number of hydrogen-bond acceptors (Lipinski definition) is 6. The molecule has 3 N–H and O–H groups in total. The molecule has 0 unspecified atom stereocenters. The van der Waals surface area contributed by atoms with E-state index < -0.39 is 0 Å². The maximum Gasteiger partial charge on any atom is 0.205 e. The van der Waals surface area contributed by atoms with E-state index in [9.17, 15) is 0 Å². The highest BCUT2D eigenvalue weighted by atomic mass is 32.1. The normalized spacial score (nSPS) is 10.1. The van der Waals surface area contributed by atoms with Crippen LogP contribution >= 0.6 is 11.3 Å². The minimum atomic E-state index is 0.490. The number of nitrogens with zero attached hydrogens (tertiary/aromatic N) is 3. The zero-order valence-electron chi connectivity index (χ0n) is 7.56. The largest absolute Gasteiger partial charge is 0.384 e. The summed E-state index contributed by atoms with van der Waals surface area (Å²) in [5, 5.41) is 12.4. The molecule has 0 aromatic carbocycles. The third-order valence-electron chi connectivity index (χ3n) is 1.63. The molecule has 0 saturated heterocycles. The number of aromatic nitrogens is 3. The Morgan fingerprint density at radius 2 is 2.21 bits per heavy atom. The molecule has 0 aliphatic rings. The Morgan fingerprint density at radius 1 is 1.36 bits per heavy atom. The molecule has 0 amide bonds. The molecule has 0 aliphatic heterocycles. The van der Waals surface area contributed by atoms with Gasteiger partial charge in [-0.15, -0.1) is 10.2 Å². The van der Waals surface area contributed by atoms with Crippen LogP contribution in [0.4, 0.5) is 10.9 Å². The van der Waals surface area contributed by atoms with E-state index >= 15 is 0 Å². The number of hydrogen-bond donors (Lipinski definition) is 2. The zero-order valence-corrected chi connectivity index (χ0v) is 8.38. The van der Waals surface area contributed by atoms with Crippen LogP contribution in [0.5, 0.6) is 0 Å². The van der Waals surface area contributed by atoms with Crippen molar-refractivity contribution in [3.05, 3.63) is 18.2 Å². The smallest absolute Gasteiger partial charge is 0.205 e. The summed E-state index contributed by atoms with van der Waals surface area (Å²) < 4.78 is 0. The Balaban J connectivity index is 2.39. The van der Waals surface area contributed by atoms with Crippen molar-refractivity contribution in [1.82, 2.24) is 15.2 Å². The maximum atomic E-state index is 5.56. The summed E-state index contributed by atoms with van der Waals surface area (Å²) in [6.45, 7) is 0. The summed E-state index contributed by atoms with van der Waals surface area (Å²) in [5.41, 5.74) is 6.32. The summed E-state index contributed by atoms with van der Waals surface area (Å²) in [4.78, 5) is 4.15. The van der Waals surface area contributed by atoms with Crippen molar-refractivity contribution in [3.8, 4) is 10.7 Å². The molecule has 0 spiro atoms. The van der Waals surface area contributed by atoms with Crippen molar-refractivity contribution in [2.75, 3.05) is 18.1 Å². The van der Waals surface area contributed by atoms with Gasteiger partial charge in [0.05, 0.1) is 0 Å². The first-order valence-electron chi connectivity index (χ1n) is 4.04. The Hall–Kier alpha value is -1.69. The van der Waals surface area contributed by atoms with Crippen LogP contribution in [0.1, 0.15) is 0 Å². The number of pyridine rings is 1. The molecule has 0 atom stereocenters. The van der Waals surface area contributed by atoms with Crippen LogP contribution in [0.25, 0.3) is 10.7 Å². The van der Waals surface area contributed by atoms with E-state index in [0.29, 0.717) is 5.82 Å². The van der Waals surface area contributed by atoms with Crippen LogP contribution in [0.15, 0.2) is 18.2 Å². The highest BCUT2D eigenvalue weighted by molar-refractivity contribution is 7.18. The van der Waals surface area contributed by atoms with Crippen molar-refractivity contribution in [3.63, 3.8) is 0 Å². The predicted octanol–water partition coefficient (Wildman–Crippen LogP) is 1.22. The first-order valence-corrected chi connectivity index (χ1v) is 4.85. The third-order valence-corrected chi connectivity index (χ3v) is 2.59. The van der Waals surface area contributed by atoms with Crippen molar-refractivity contribution < 1.29 is 0 Å². The molecule has 2 aromatic rings. The van der Waals surface area contributed by atoms with Gasteiger partial charge in [-0.25, -0.2) is 4.98 Å². The van der Waals surface area contributed by atoms with Crippen molar-refractivity contribution in [2.24, 2.45) is 0 Å². The fourth-order valence-corrected chi connectivity index (χ4v) is 1.67. The van der Waals surface area contributed by atoms with Crippen LogP contribution in [0.3, 0.4) is 0 Å². The van der Waals surface area contributed by atoms with Gasteiger partial charge in [0.1, 0.15) is 11.5 Å². The van der Waals surface area contributed by atoms with Gasteiger partial charge < -0.3 is 11.1 Å². The molecule has 0 bridgehead atoms. The highest BCUT2D eigenvalue weighted by Crippen LogP contribution is 2.24. The summed E-state index contributed by atoms with van der Waals surface area (Å²) in [6, 6.07) is 5.44. The van der Waals surface area contributed by atoms with Crippen LogP contribution < -0.4 is 11.1 Å². The average molecular weight is 207 g/mol. The zero-order chi connectivity index (χ0) is 9.97. The summed E-state index contributed by atoms with van der Waals surface area (Å²) in [5.74, 6) is 0.490. The van der Waals surface area contributed by atoms with Crippen LogP contribution in [-0.4, -0.2) is 22.2 Å². The van der Waals surface area contributed by atoms with Crippen molar-refractivity contribution in [1.29, 1.82) is 0 Å². The van der Waals surface area contributed by atoms with Crippen LogP contribution in [0.2, 0.25) is 0 Å². The van der Waals surface area contributed by atoms with E-state index in [2.05, 4.69) is 20.5 Å². The van der Waals surface area contributed by atoms with Crippen LogP contribution in [-0.2, 0) is 0 Å². The Bertz CT molecular complexity index is 439. The first kappa shape index (κ1) is 8.89. The van der Waals surface area contributed by atoms with Gasteiger partial charge in [-0.05, 0) is 12.1 Å². The fraction of sp³-hybridized carbons (Fsp3) is 0.125. The van der Waals surface area contributed by atoms with E-state index in [1.165, 1.54) is 11.3 Å². The molecule has 0 aliphatic carbocycles. The van der Waals surface area contributed by atoms with Gasteiger partial charge in [0.2, 0.25) is 5.13 Å². The fourth-order valence-electron chi connectivity index (χ4n) is 0.998. The van der Waals surface area contributed by atoms with Gasteiger partial charge in [0, 0.05) is 7.05 Å². The van der Waals surface area contributed by atoms with E-state index in [-0.39, 0.29) is 0 Å². The number of nitrogen functional groups attached to an aromatic ring is 1. The molecule has 0 saturated carbocycles. The number of nitrogens with one attached hydrogen (secondary N) is 1. The van der Waals surface area contributed by atoms with Gasteiger partial charge >= 0.3 is 0 Å². The standard InChI is InChI=1S/C8H9N5S/c1-10-8-13-12-7(14-8)5-3-2-4-6(9)11-5/h2-4H,1H3,(H2,9,11)(H,10,13).